The second kappa shape index (κ2) is 4.43. The normalized spacial score (nSPS) is 22.9. The predicted molar refractivity (Wildman–Crippen MR) is 62.0 cm³/mol. The van der Waals surface area contributed by atoms with Crippen molar-refractivity contribution in [1.29, 1.82) is 0 Å². The zero-order chi connectivity index (χ0) is 9.97. The molecule has 1 unspecified atom stereocenters. The highest BCUT2D eigenvalue weighted by Gasteiger charge is 2.19. The average molecular weight is 255 g/mol. The molecule has 2 nitrogen and oxygen atoms in total. The van der Waals surface area contributed by atoms with Crippen LogP contribution in [0, 0.1) is 0 Å². The molecule has 0 amide bonds. The molecule has 1 aromatic carbocycles. The average Bonchev–Trinajstić information content (AvgIpc) is 2.56. The molecule has 0 radical (unpaired) electrons. The van der Waals surface area contributed by atoms with Crippen LogP contribution in [0.4, 0.5) is 0 Å². The van der Waals surface area contributed by atoms with Crippen LogP contribution in [0.5, 0.6) is 0 Å². The van der Waals surface area contributed by atoms with Gasteiger partial charge in [0.1, 0.15) is 0 Å². The zero-order valence-electron chi connectivity index (χ0n) is 8.12. The minimum atomic E-state index is 0.373. The summed E-state index contributed by atoms with van der Waals surface area (Å²) < 4.78 is 1.19. The Morgan fingerprint density at radius 1 is 1.43 bits per heavy atom. The molecule has 1 aromatic rings. The van der Waals surface area contributed by atoms with Crippen molar-refractivity contribution in [2.24, 2.45) is 5.73 Å². The summed E-state index contributed by atoms with van der Waals surface area (Å²) in [6, 6.07) is 8.75. The van der Waals surface area contributed by atoms with Crippen molar-refractivity contribution < 1.29 is 0 Å². The molecule has 0 bridgehead atoms. The van der Waals surface area contributed by atoms with Gasteiger partial charge in [-0.2, -0.15) is 0 Å². The molecular formula is C11H15BrN2. The smallest absolute Gasteiger partial charge is 0.0245 e. The Kier molecular flexibility index (Phi) is 3.21. The molecule has 1 aliphatic rings. The van der Waals surface area contributed by atoms with Gasteiger partial charge in [-0.1, -0.05) is 34.1 Å². The van der Waals surface area contributed by atoms with E-state index in [1.165, 1.54) is 10.0 Å². The lowest BCUT2D eigenvalue weighted by atomic mass is 10.2. The molecule has 14 heavy (non-hydrogen) atoms. The lowest BCUT2D eigenvalue weighted by molar-refractivity contribution is 0.326. The number of nitrogens with two attached hydrogens (primary N) is 1. The monoisotopic (exact) mass is 254 g/mol. The first-order valence-corrected chi connectivity index (χ1v) is 5.76. The third kappa shape index (κ3) is 2.35. The predicted octanol–water partition coefficient (Wildman–Crippen LogP) is 1.98. The van der Waals surface area contributed by atoms with E-state index in [9.17, 15) is 0 Å². The van der Waals surface area contributed by atoms with Gasteiger partial charge in [-0.05, 0) is 18.1 Å². The van der Waals surface area contributed by atoms with Gasteiger partial charge in [0.2, 0.25) is 0 Å². The second-order valence-corrected chi connectivity index (χ2v) is 4.73. The van der Waals surface area contributed by atoms with Crippen LogP contribution in [-0.4, -0.2) is 24.0 Å². The van der Waals surface area contributed by atoms with E-state index in [4.69, 9.17) is 5.73 Å². The van der Waals surface area contributed by atoms with Crippen LogP contribution >= 0.6 is 15.9 Å². The van der Waals surface area contributed by atoms with E-state index in [-0.39, 0.29) is 0 Å². The fraction of sp³-hybridized carbons (Fsp3) is 0.455. The molecule has 1 atom stereocenters. The summed E-state index contributed by atoms with van der Waals surface area (Å²) in [5, 5.41) is 0. The fourth-order valence-corrected chi connectivity index (χ4v) is 2.28. The van der Waals surface area contributed by atoms with Crippen LogP contribution in [-0.2, 0) is 6.54 Å². The van der Waals surface area contributed by atoms with Gasteiger partial charge in [-0.25, -0.2) is 0 Å². The Labute approximate surface area is 93.2 Å². The quantitative estimate of drug-likeness (QED) is 0.875. The van der Waals surface area contributed by atoms with E-state index >= 15 is 0 Å². The number of rotatable bonds is 2. The van der Waals surface area contributed by atoms with Crippen molar-refractivity contribution in [2.45, 2.75) is 19.0 Å². The Bertz CT molecular complexity index is 314. The molecule has 1 aliphatic heterocycles. The maximum absolute atomic E-state index is 5.86. The molecule has 1 heterocycles. The maximum Gasteiger partial charge on any atom is 0.0245 e. The maximum atomic E-state index is 5.86. The van der Waals surface area contributed by atoms with Crippen molar-refractivity contribution in [3.8, 4) is 0 Å². The van der Waals surface area contributed by atoms with Crippen molar-refractivity contribution in [3.63, 3.8) is 0 Å². The summed E-state index contributed by atoms with van der Waals surface area (Å²) in [5.41, 5.74) is 7.21. The Morgan fingerprint density at radius 2 is 2.21 bits per heavy atom. The van der Waals surface area contributed by atoms with Crippen LogP contribution in [0.3, 0.4) is 0 Å². The van der Waals surface area contributed by atoms with Gasteiger partial charge < -0.3 is 5.73 Å². The Balaban J connectivity index is 2.01. The van der Waals surface area contributed by atoms with E-state index < -0.39 is 0 Å². The highest BCUT2D eigenvalue weighted by Crippen LogP contribution is 2.19. The van der Waals surface area contributed by atoms with Gasteiger partial charge >= 0.3 is 0 Å². The van der Waals surface area contributed by atoms with Crippen molar-refractivity contribution >= 4 is 15.9 Å². The van der Waals surface area contributed by atoms with E-state index in [1.807, 2.05) is 6.07 Å². The summed E-state index contributed by atoms with van der Waals surface area (Å²) in [6.45, 7) is 3.17. The summed E-state index contributed by atoms with van der Waals surface area (Å²) in [5.74, 6) is 0. The summed E-state index contributed by atoms with van der Waals surface area (Å²) in [6.07, 6.45) is 1.13. The molecule has 2 rings (SSSR count). The molecule has 1 saturated heterocycles. The van der Waals surface area contributed by atoms with E-state index in [1.54, 1.807) is 0 Å². The lowest BCUT2D eigenvalue weighted by Crippen LogP contribution is -2.26. The molecule has 2 N–H and O–H groups in total. The lowest BCUT2D eigenvalue weighted by Gasteiger charge is -2.15. The zero-order valence-corrected chi connectivity index (χ0v) is 9.70. The highest BCUT2D eigenvalue weighted by atomic mass is 79.9. The van der Waals surface area contributed by atoms with Crippen LogP contribution in [0.15, 0.2) is 28.7 Å². The second-order valence-electron chi connectivity index (χ2n) is 3.88. The van der Waals surface area contributed by atoms with Crippen molar-refractivity contribution in [3.05, 3.63) is 34.3 Å². The minimum absolute atomic E-state index is 0.373. The summed E-state index contributed by atoms with van der Waals surface area (Å²) in [4.78, 5) is 2.41. The summed E-state index contributed by atoms with van der Waals surface area (Å²) >= 11 is 3.56. The fourth-order valence-electron chi connectivity index (χ4n) is 1.87. The van der Waals surface area contributed by atoms with E-state index in [2.05, 4.69) is 39.0 Å². The largest absolute Gasteiger partial charge is 0.326 e. The number of benzene rings is 1. The van der Waals surface area contributed by atoms with Crippen LogP contribution in [0.1, 0.15) is 12.0 Å². The van der Waals surface area contributed by atoms with Crippen molar-refractivity contribution in [2.75, 3.05) is 13.1 Å². The first-order valence-electron chi connectivity index (χ1n) is 4.97. The molecular weight excluding hydrogens is 240 g/mol. The molecule has 1 fully saturated rings. The first-order chi connectivity index (χ1) is 6.75. The standard InChI is InChI=1S/C11H15BrN2/c12-11-4-2-1-3-9(11)7-14-6-5-10(13)8-14/h1-4,10H,5-8,13H2. The molecule has 0 saturated carbocycles. The third-order valence-electron chi connectivity index (χ3n) is 2.66. The number of halogens is 1. The topological polar surface area (TPSA) is 29.3 Å². The van der Waals surface area contributed by atoms with Gasteiger partial charge in [0.05, 0.1) is 0 Å². The van der Waals surface area contributed by atoms with Gasteiger partial charge in [0.15, 0.2) is 0 Å². The molecule has 3 heteroatoms. The summed E-state index contributed by atoms with van der Waals surface area (Å²) in [7, 11) is 0. The molecule has 0 aliphatic carbocycles. The van der Waals surface area contributed by atoms with Crippen LogP contribution in [0.2, 0.25) is 0 Å². The minimum Gasteiger partial charge on any atom is -0.326 e. The van der Waals surface area contributed by atoms with Gasteiger partial charge in [0.25, 0.3) is 0 Å². The number of nitrogens with zero attached hydrogens (tertiary/aromatic N) is 1. The first kappa shape index (κ1) is 10.1. The molecule has 76 valence electrons. The van der Waals surface area contributed by atoms with Crippen LogP contribution in [0.25, 0.3) is 0 Å². The van der Waals surface area contributed by atoms with Gasteiger partial charge in [-0.3, -0.25) is 4.90 Å². The van der Waals surface area contributed by atoms with E-state index in [0.717, 1.165) is 26.1 Å². The molecule has 0 aromatic heterocycles. The van der Waals surface area contributed by atoms with Gasteiger partial charge in [0, 0.05) is 30.1 Å². The SMILES string of the molecule is NC1CCN(Cc2ccccc2Br)C1. The third-order valence-corrected chi connectivity index (χ3v) is 3.43. The number of likely N-dealkylation sites (tertiary alicyclic amines) is 1. The highest BCUT2D eigenvalue weighted by molar-refractivity contribution is 9.10. The Hall–Kier alpha value is -0.380. The van der Waals surface area contributed by atoms with E-state index in [0.29, 0.717) is 6.04 Å². The number of hydrogen-bond donors (Lipinski definition) is 1. The number of hydrogen-bond acceptors (Lipinski definition) is 2. The Morgan fingerprint density at radius 3 is 2.86 bits per heavy atom. The van der Waals surface area contributed by atoms with Crippen molar-refractivity contribution in [1.82, 2.24) is 4.90 Å². The van der Waals surface area contributed by atoms with Gasteiger partial charge in [-0.15, -0.1) is 0 Å². The van der Waals surface area contributed by atoms with Crippen LogP contribution < -0.4 is 5.73 Å². The molecule has 0 spiro atoms.